The smallest absolute Gasteiger partial charge is 0.184 e. The van der Waals surface area contributed by atoms with Crippen LogP contribution < -0.4 is 0 Å². The number of hydrogen-bond donors (Lipinski definition) is 2. The molecule has 5 nitrogen and oxygen atoms in total. The Morgan fingerprint density at radius 1 is 0.606 bits per heavy atom. The van der Waals surface area contributed by atoms with Gasteiger partial charge in [0.05, 0.1) is 25.9 Å². The van der Waals surface area contributed by atoms with Crippen molar-refractivity contribution in [1.29, 1.82) is 0 Å². The lowest BCUT2D eigenvalue weighted by molar-refractivity contribution is -0.307. The van der Waals surface area contributed by atoms with Crippen molar-refractivity contribution in [2.75, 3.05) is 5.75 Å². The monoisotopic (exact) mass is 466 g/mol. The Hall–Kier alpha value is -2.19. The van der Waals surface area contributed by atoms with E-state index in [1.165, 1.54) is 0 Å². The fraction of sp³-hybridized carbons (Fsp3) is 0.333. The van der Waals surface area contributed by atoms with Crippen LogP contribution >= 0.6 is 12.6 Å². The fourth-order valence-electron chi connectivity index (χ4n) is 3.91. The maximum atomic E-state index is 10.8. The van der Waals surface area contributed by atoms with Gasteiger partial charge in [-0.1, -0.05) is 91.0 Å². The quantitative estimate of drug-likeness (QED) is 0.434. The predicted molar refractivity (Wildman–Crippen MR) is 130 cm³/mol. The van der Waals surface area contributed by atoms with Crippen LogP contribution in [0.3, 0.4) is 0 Å². The summed E-state index contributed by atoms with van der Waals surface area (Å²) in [5.74, 6) is 0.382. The van der Waals surface area contributed by atoms with E-state index in [4.69, 9.17) is 18.9 Å². The van der Waals surface area contributed by atoms with E-state index in [0.717, 1.165) is 16.7 Å². The molecule has 4 rings (SSSR count). The topological polar surface area (TPSA) is 57.2 Å². The minimum atomic E-state index is -1.15. The summed E-state index contributed by atoms with van der Waals surface area (Å²) >= 11 is 4.45. The number of aliphatic hydroxyl groups excluding tert-OH is 1. The summed E-state index contributed by atoms with van der Waals surface area (Å²) in [5.41, 5.74) is 3.08. The Morgan fingerprint density at radius 3 is 1.42 bits per heavy atom. The highest BCUT2D eigenvalue weighted by Gasteiger charge is 2.47. The molecule has 0 radical (unpaired) electrons. The van der Waals surface area contributed by atoms with E-state index in [1.807, 2.05) is 91.0 Å². The standard InChI is InChI=1S/C27H30O5S/c28-27-26(31-18-22-14-8-3-9-15-22)25(30-17-21-12-6-2-7-13-21)24(23(19-33)32-27)29-16-20-10-4-1-5-11-20/h1-15,23-28,33H,16-19H2/t23-,24-,25+,26-,27+/m1/s1. The van der Waals surface area contributed by atoms with Gasteiger partial charge in [-0.25, -0.2) is 0 Å². The second-order valence-electron chi connectivity index (χ2n) is 8.03. The second-order valence-corrected chi connectivity index (χ2v) is 8.40. The zero-order chi connectivity index (χ0) is 22.9. The van der Waals surface area contributed by atoms with Gasteiger partial charge in [0.25, 0.3) is 0 Å². The average molecular weight is 467 g/mol. The second kappa shape index (κ2) is 12.3. The predicted octanol–water partition coefficient (Wildman–Crippen LogP) is 4.39. The Morgan fingerprint density at radius 2 is 1.00 bits per heavy atom. The summed E-state index contributed by atoms with van der Waals surface area (Å²) in [6, 6.07) is 29.7. The molecule has 5 atom stereocenters. The van der Waals surface area contributed by atoms with Crippen molar-refractivity contribution in [2.45, 2.75) is 50.5 Å². The lowest BCUT2D eigenvalue weighted by atomic mass is 9.98. The Kier molecular flexibility index (Phi) is 8.94. The minimum absolute atomic E-state index is 0.327. The molecule has 3 aromatic rings. The first-order valence-electron chi connectivity index (χ1n) is 11.2. The van der Waals surface area contributed by atoms with Gasteiger partial charge < -0.3 is 24.1 Å². The first-order valence-corrected chi connectivity index (χ1v) is 11.8. The van der Waals surface area contributed by atoms with Gasteiger partial charge in [0, 0.05) is 5.75 Å². The molecule has 0 aliphatic carbocycles. The van der Waals surface area contributed by atoms with E-state index >= 15 is 0 Å². The summed E-state index contributed by atoms with van der Waals surface area (Å²) in [5, 5.41) is 10.8. The molecular weight excluding hydrogens is 436 g/mol. The molecule has 0 aromatic heterocycles. The molecule has 0 bridgehead atoms. The van der Waals surface area contributed by atoms with Crippen molar-refractivity contribution >= 4 is 12.6 Å². The van der Waals surface area contributed by atoms with Gasteiger partial charge in [-0.15, -0.1) is 0 Å². The maximum absolute atomic E-state index is 10.8. The zero-order valence-corrected chi connectivity index (χ0v) is 19.3. The van der Waals surface area contributed by atoms with E-state index in [1.54, 1.807) is 0 Å². The van der Waals surface area contributed by atoms with Gasteiger partial charge in [-0.05, 0) is 16.7 Å². The molecule has 1 heterocycles. The molecule has 1 fully saturated rings. The molecule has 0 spiro atoms. The number of rotatable bonds is 10. The average Bonchev–Trinajstić information content (AvgIpc) is 2.87. The minimum Gasteiger partial charge on any atom is -0.368 e. The van der Waals surface area contributed by atoms with Crippen molar-refractivity contribution in [3.05, 3.63) is 108 Å². The van der Waals surface area contributed by atoms with E-state index in [2.05, 4.69) is 12.6 Å². The summed E-state index contributed by atoms with van der Waals surface area (Å²) in [6.45, 7) is 1.09. The molecule has 3 aromatic carbocycles. The van der Waals surface area contributed by atoms with Crippen molar-refractivity contribution in [1.82, 2.24) is 0 Å². The highest BCUT2D eigenvalue weighted by Crippen LogP contribution is 2.30. The third-order valence-electron chi connectivity index (χ3n) is 5.65. The summed E-state index contributed by atoms with van der Waals surface area (Å²) in [7, 11) is 0. The Labute approximate surface area is 200 Å². The molecule has 1 N–H and O–H groups in total. The fourth-order valence-corrected chi connectivity index (χ4v) is 4.20. The van der Waals surface area contributed by atoms with E-state index in [9.17, 15) is 5.11 Å². The zero-order valence-electron chi connectivity index (χ0n) is 18.4. The van der Waals surface area contributed by atoms with Gasteiger partial charge in [-0.3, -0.25) is 0 Å². The van der Waals surface area contributed by atoms with Crippen molar-refractivity contribution < 1.29 is 24.1 Å². The van der Waals surface area contributed by atoms with E-state index < -0.39 is 30.7 Å². The molecule has 0 amide bonds. The van der Waals surface area contributed by atoms with Crippen LogP contribution in [0.15, 0.2) is 91.0 Å². The van der Waals surface area contributed by atoms with Gasteiger partial charge in [-0.2, -0.15) is 12.6 Å². The van der Waals surface area contributed by atoms with Gasteiger partial charge in [0.2, 0.25) is 0 Å². The van der Waals surface area contributed by atoms with Crippen LogP contribution in [0, 0.1) is 0 Å². The van der Waals surface area contributed by atoms with E-state index in [-0.39, 0.29) is 0 Å². The lowest BCUT2D eigenvalue weighted by Gasteiger charge is -2.44. The van der Waals surface area contributed by atoms with Crippen LogP contribution in [0.1, 0.15) is 16.7 Å². The molecule has 174 valence electrons. The van der Waals surface area contributed by atoms with Crippen LogP contribution in [0.5, 0.6) is 0 Å². The molecule has 1 aliphatic heterocycles. The number of hydrogen-bond acceptors (Lipinski definition) is 6. The number of benzene rings is 3. The molecule has 0 unspecified atom stereocenters. The van der Waals surface area contributed by atoms with Gasteiger partial charge >= 0.3 is 0 Å². The van der Waals surface area contributed by atoms with Gasteiger partial charge in [0.1, 0.15) is 18.3 Å². The molecular formula is C27H30O5S. The Balaban J connectivity index is 1.53. The largest absolute Gasteiger partial charge is 0.368 e. The van der Waals surface area contributed by atoms with Gasteiger partial charge in [0.15, 0.2) is 6.29 Å². The lowest BCUT2D eigenvalue weighted by Crippen LogP contribution is -2.60. The number of aliphatic hydroxyl groups is 1. The Bertz CT molecular complexity index is 941. The third kappa shape index (κ3) is 6.67. The van der Waals surface area contributed by atoms with Crippen LogP contribution in [0.2, 0.25) is 0 Å². The SMILES string of the molecule is O[C@H]1O[C@H](CS)[C@@H](OCc2ccccc2)[C@H](OCc2ccccc2)[C@H]1OCc1ccccc1. The van der Waals surface area contributed by atoms with Crippen LogP contribution in [0.25, 0.3) is 0 Å². The highest BCUT2D eigenvalue weighted by atomic mass is 32.1. The number of ether oxygens (including phenoxy) is 4. The normalized spacial score (nSPS) is 25.1. The molecule has 0 saturated carbocycles. The molecule has 1 saturated heterocycles. The van der Waals surface area contributed by atoms with Crippen molar-refractivity contribution in [3.63, 3.8) is 0 Å². The van der Waals surface area contributed by atoms with Crippen LogP contribution in [-0.4, -0.2) is 41.6 Å². The summed E-state index contributed by atoms with van der Waals surface area (Å²) in [6.07, 6.45) is -3.31. The van der Waals surface area contributed by atoms with Crippen molar-refractivity contribution in [3.8, 4) is 0 Å². The number of thiol groups is 1. The summed E-state index contributed by atoms with van der Waals surface area (Å²) < 4.78 is 24.7. The third-order valence-corrected chi connectivity index (χ3v) is 6.00. The van der Waals surface area contributed by atoms with Crippen molar-refractivity contribution in [2.24, 2.45) is 0 Å². The highest BCUT2D eigenvalue weighted by molar-refractivity contribution is 7.80. The first kappa shape index (κ1) is 24.0. The molecule has 1 aliphatic rings. The van der Waals surface area contributed by atoms with Crippen LogP contribution in [0.4, 0.5) is 0 Å². The molecule has 33 heavy (non-hydrogen) atoms. The maximum Gasteiger partial charge on any atom is 0.184 e. The summed E-state index contributed by atoms with van der Waals surface area (Å²) in [4.78, 5) is 0. The molecule has 6 heteroatoms. The van der Waals surface area contributed by atoms with E-state index in [0.29, 0.717) is 25.6 Å². The first-order chi connectivity index (χ1) is 16.2. The van der Waals surface area contributed by atoms with Crippen LogP contribution in [-0.2, 0) is 38.8 Å².